The van der Waals surface area contributed by atoms with Gasteiger partial charge in [0.2, 0.25) is 5.91 Å². The monoisotopic (exact) mass is 391 g/mol. The molecule has 24 heavy (non-hydrogen) atoms. The van der Waals surface area contributed by atoms with Crippen LogP contribution in [0.25, 0.3) is 0 Å². The highest BCUT2D eigenvalue weighted by atomic mass is 35.5. The molecular formula is C15H22ClN3O3S2. The lowest BCUT2D eigenvalue weighted by atomic mass is 10.2. The van der Waals surface area contributed by atoms with Crippen LogP contribution in [0, 0.1) is 0 Å². The third-order valence-corrected chi connectivity index (χ3v) is 8.16. The molecule has 0 aromatic carbocycles. The fourth-order valence-corrected chi connectivity index (χ4v) is 6.30. The minimum atomic E-state index is -3.47. The summed E-state index contributed by atoms with van der Waals surface area (Å²) in [6.07, 6.45) is 4.52. The van der Waals surface area contributed by atoms with Gasteiger partial charge in [0, 0.05) is 32.2 Å². The Balaban J connectivity index is 1.49. The molecule has 1 aliphatic heterocycles. The quantitative estimate of drug-likeness (QED) is 0.830. The maximum atomic E-state index is 12.5. The van der Waals surface area contributed by atoms with Crippen LogP contribution in [0.5, 0.6) is 0 Å². The molecule has 134 valence electrons. The molecule has 0 spiro atoms. The van der Waals surface area contributed by atoms with E-state index in [4.69, 9.17) is 11.6 Å². The molecule has 0 atom stereocenters. The van der Waals surface area contributed by atoms with Crippen LogP contribution in [0.2, 0.25) is 4.34 Å². The Kier molecular flexibility index (Phi) is 5.82. The largest absolute Gasteiger partial charge is 0.352 e. The zero-order valence-electron chi connectivity index (χ0n) is 13.4. The van der Waals surface area contributed by atoms with E-state index >= 15 is 0 Å². The Morgan fingerprint density at radius 3 is 2.46 bits per heavy atom. The van der Waals surface area contributed by atoms with Crippen molar-refractivity contribution < 1.29 is 13.2 Å². The van der Waals surface area contributed by atoms with Crippen molar-refractivity contribution in [2.75, 3.05) is 32.7 Å². The summed E-state index contributed by atoms with van der Waals surface area (Å²) in [6, 6.07) is 3.47. The van der Waals surface area contributed by atoms with Crippen LogP contribution in [0.1, 0.15) is 25.7 Å². The molecule has 1 amide bonds. The lowest BCUT2D eigenvalue weighted by Gasteiger charge is -2.33. The van der Waals surface area contributed by atoms with Gasteiger partial charge in [-0.25, -0.2) is 8.42 Å². The lowest BCUT2D eigenvalue weighted by molar-refractivity contribution is -0.123. The van der Waals surface area contributed by atoms with Gasteiger partial charge < -0.3 is 5.32 Å². The highest BCUT2D eigenvalue weighted by molar-refractivity contribution is 7.91. The summed E-state index contributed by atoms with van der Waals surface area (Å²) in [5, 5.41) is 3.07. The van der Waals surface area contributed by atoms with Crippen LogP contribution in [0.4, 0.5) is 0 Å². The topological polar surface area (TPSA) is 69.7 Å². The van der Waals surface area contributed by atoms with Gasteiger partial charge in [-0.3, -0.25) is 9.69 Å². The molecule has 2 heterocycles. The summed E-state index contributed by atoms with van der Waals surface area (Å²) >= 11 is 6.91. The van der Waals surface area contributed by atoms with Gasteiger partial charge in [-0.15, -0.1) is 11.3 Å². The number of carbonyl (C=O) groups is 1. The van der Waals surface area contributed by atoms with E-state index < -0.39 is 10.0 Å². The fourth-order valence-electron chi connectivity index (χ4n) is 3.24. The lowest BCUT2D eigenvalue weighted by Crippen LogP contribution is -2.51. The predicted octanol–water partition coefficient (Wildman–Crippen LogP) is 1.77. The summed E-state index contributed by atoms with van der Waals surface area (Å²) in [6.45, 7) is 2.27. The Hall–Kier alpha value is -0.670. The predicted molar refractivity (Wildman–Crippen MR) is 94.9 cm³/mol. The van der Waals surface area contributed by atoms with Gasteiger partial charge in [0.1, 0.15) is 4.21 Å². The van der Waals surface area contributed by atoms with Crippen LogP contribution in [0.3, 0.4) is 0 Å². The average Bonchev–Trinajstić information content (AvgIpc) is 3.19. The Bertz CT molecular complexity index is 678. The van der Waals surface area contributed by atoms with E-state index in [2.05, 4.69) is 5.32 Å². The minimum Gasteiger partial charge on any atom is -0.352 e. The number of sulfonamides is 1. The van der Waals surface area contributed by atoms with E-state index in [1.165, 1.54) is 17.1 Å². The smallest absolute Gasteiger partial charge is 0.252 e. The highest BCUT2D eigenvalue weighted by Crippen LogP contribution is 2.28. The zero-order chi connectivity index (χ0) is 17.2. The van der Waals surface area contributed by atoms with Crippen LogP contribution in [0.15, 0.2) is 16.3 Å². The van der Waals surface area contributed by atoms with Crippen molar-refractivity contribution >= 4 is 38.9 Å². The molecule has 1 N–H and O–H groups in total. The van der Waals surface area contributed by atoms with Gasteiger partial charge in [-0.05, 0) is 25.0 Å². The van der Waals surface area contributed by atoms with Crippen LogP contribution >= 0.6 is 22.9 Å². The van der Waals surface area contributed by atoms with Crippen LogP contribution < -0.4 is 5.32 Å². The molecule has 2 fully saturated rings. The number of piperazine rings is 1. The van der Waals surface area contributed by atoms with Crippen molar-refractivity contribution in [2.24, 2.45) is 0 Å². The van der Waals surface area contributed by atoms with Crippen molar-refractivity contribution in [2.45, 2.75) is 35.9 Å². The SMILES string of the molecule is O=C(CN1CCN(S(=O)(=O)c2ccc(Cl)s2)CC1)NC1CCCC1. The molecule has 0 bridgehead atoms. The van der Waals surface area contributed by atoms with Gasteiger partial charge in [-0.2, -0.15) is 4.31 Å². The van der Waals surface area contributed by atoms with Gasteiger partial charge in [-0.1, -0.05) is 24.4 Å². The Morgan fingerprint density at radius 2 is 1.88 bits per heavy atom. The average molecular weight is 392 g/mol. The van der Waals surface area contributed by atoms with E-state index in [1.807, 2.05) is 4.90 Å². The molecule has 0 unspecified atom stereocenters. The number of rotatable bonds is 5. The van der Waals surface area contributed by atoms with E-state index in [0.717, 1.165) is 24.2 Å². The molecule has 1 aromatic rings. The number of thiophene rings is 1. The normalized spacial score (nSPS) is 21.2. The first kappa shape index (κ1) is 18.1. The van der Waals surface area contributed by atoms with Crippen LogP contribution in [-0.4, -0.2) is 62.3 Å². The third-order valence-electron chi connectivity index (χ3n) is 4.56. The number of hydrogen-bond donors (Lipinski definition) is 1. The first-order valence-electron chi connectivity index (χ1n) is 8.22. The summed E-state index contributed by atoms with van der Waals surface area (Å²) in [5.41, 5.74) is 0. The molecule has 2 aliphatic rings. The third kappa shape index (κ3) is 4.29. The first-order chi connectivity index (χ1) is 11.4. The summed E-state index contributed by atoms with van der Waals surface area (Å²) in [7, 11) is -3.47. The van der Waals surface area contributed by atoms with Gasteiger partial charge in [0.15, 0.2) is 0 Å². The van der Waals surface area contributed by atoms with Crippen molar-refractivity contribution in [1.82, 2.24) is 14.5 Å². The molecule has 1 aromatic heterocycles. The zero-order valence-corrected chi connectivity index (χ0v) is 15.8. The number of carbonyl (C=O) groups excluding carboxylic acids is 1. The summed E-state index contributed by atoms with van der Waals surface area (Å²) in [4.78, 5) is 14.1. The standard InChI is InChI=1S/C15H22ClN3O3S2/c16-13-5-6-15(23-13)24(21,22)19-9-7-18(8-10-19)11-14(20)17-12-3-1-2-4-12/h5-6,12H,1-4,7-11H2,(H,17,20). The molecule has 0 radical (unpaired) electrons. The molecule has 3 rings (SSSR count). The Morgan fingerprint density at radius 1 is 1.21 bits per heavy atom. The van der Waals surface area contributed by atoms with E-state index in [0.29, 0.717) is 43.1 Å². The van der Waals surface area contributed by atoms with E-state index in [1.54, 1.807) is 12.1 Å². The number of nitrogens with zero attached hydrogens (tertiary/aromatic N) is 2. The molecule has 9 heteroatoms. The number of nitrogens with one attached hydrogen (secondary N) is 1. The number of amides is 1. The Labute approximate surface area is 151 Å². The van der Waals surface area contributed by atoms with E-state index in [-0.39, 0.29) is 10.1 Å². The van der Waals surface area contributed by atoms with Crippen molar-refractivity contribution in [3.8, 4) is 0 Å². The van der Waals surface area contributed by atoms with Crippen LogP contribution in [-0.2, 0) is 14.8 Å². The first-order valence-corrected chi connectivity index (χ1v) is 10.9. The van der Waals surface area contributed by atoms with Crippen molar-refractivity contribution in [3.63, 3.8) is 0 Å². The highest BCUT2D eigenvalue weighted by Gasteiger charge is 2.30. The number of halogens is 1. The second-order valence-corrected chi connectivity index (χ2v) is 10.2. The summed E-state index contributed by atoms with van der Waals surface area (Å²) in [5.74, 6) is 0.0447. The van der Waals surface area contributed by atoms with Gasteiger partial charge >= 0.3 is 0 Å². The fraction of sp³-hybridized carbons (Fsp3) is 0.667. The maximum absolute atomic E-state index is 12.5. The molecule has 1 saturated heterocycles. The van der Waals surface area contributed by atoms with Gasteiger partial charge in [0.25, 0.3) is 10.0 Å². The molecule has 1 saturated carbocycles. The van der Waals surface area contributed by atoms with Gasteiger partial charge in [0.05, 0.1) is 10.9 Å². The summed E-state index contributed by atoms with van der Waals surface area (Å²) < 4.78 is 27.3. The maximum Gasteiger partial charge on any atom is 0.252 e. The molecular weight excluding hydrogens is 370 g/mol. The molecule has 1 aliphatic carbocycles. The number of hydrogen-bond acceptors (Lipinski definition) is 5. The van der Waals surface area contributed by atoms with Crippen molar-refractivity contribution in [1.29, 1.82) is 0 Å². The molecule has 6 nitrogen and oxygen atoms in total. The second-order valence-electron chi connectivity index (χ2n) is 6.29. The second kappa shape index (κ2) is 7.70. The van der Waals surface area contributed by atoms with E-state index in [9.17, 15) is 13.2 Å². The minimum absolute atomic E-state index is 0.0447. The van der Waals surface area contributed by atoms with Crippen molar-refractivity contribution in [3.05, 3.63) is 16.5 Å².